The number of carbonyl (C=O) groups is 1. The van der Waals surface area contributed by atoms with E-state index in [2.05, 4.69) is 28.1 Å². The number of hydrogen-bond donors (Lipinski definition) is 0. The summed E-state index contributed by atoms with van der Waals surface area (Å²) in [7, 11) is 0. The molecule has 6 heteroatoms. The zero-order chi connectivity index (χ0) is 15.5. The highest BCUT2D eigenvalue weighted by molar-refractivity contribution is 5.93. The van der Waals surface area contributed by atoms with Gasteiger partial charge in [0.1, 0.15) is 5.69 Å². The average molecular weight is 305 g/mol. The summed E-state index contributed by atoms with van der Waals surface area (Å²) in [6, 6.07) is 2.33. The van der Waals surface area contributed by atoms with Gasteiger partial charge < -0.3 is 14.4 Å². The fourth-order valence-electron chi connectivity index (χ4n) is 3.20. The molecule has 3 rings (SSSR count). The molecule has 3 heterocycles. The second-order valence-corrected chi connectivity index (χ2v) is 6.07. The molecule has 2 fully saturated rings. The number of anilines is 1. The monoisotopic (exact) mass is 305 g/mol. The first-order chi connectivity index (χ1) is 10.7. The van der Waals surface area contributed by atoms with Crippen molar-refractivity contribution in [3.63, 3.8) is 0 Å². The van der Waals surface area contributed by atoms with Crippen molar-refractivity contribution in [1.29, 1.82) is 0 Å². The van der Waals surface area contributed by atoms with Crippen molar-refractivity contribution >= 4 is 11.6 Å². The Morgan fingerprint density at radius 1 is 1.23 bits per heavy atom. The molecule has 0 saturated carbocycles. The molecule has 0 spiro atoms. The Labute approximate surface area is 130 Å². The van der Waals surface area contributed by atoms with Gasteiger partial charge in [0.05, 0.1) is 19.3 Å². The van der Waals surface area contributed by atoms with Crippen LogP contribution in [0, 0.1) is 0 Å². The van der Waals surface area contributed by atoms with E-state index in [1.807, 2.05) is 0 Å². The summed E-state index contributed by atoms with van der Waals surface area (Å²) in [4.78, 5) is 14.1. The summed E-state index contributed by atoms with van der Waals surface area (Å²) >= 11 is 0. The highest BCUT2D eigenvalue weighted by atomic mass is 16.5. The maximum Gasteiger partial charge on any atom is 0.180 e. The molecule has 0 aliphatic carbocycles. The van der Waals surface area contributed by atoms with E-state index in [1.165, 1.54) is 0 Å². The molecule has 1 atom stereocenters. The number of rotatable bonds is 3. The van der Waals surface area contributed by atoms with Crippen molar-refractivity contribution in [3.8, 4) is 0 Å². The molecule has 120 valence electrons. The third-order valence-electron chi connectivity index (χ3n) is 4.47. The Balaban J connectivity index is 1.93. The molecule has 0 radical (unpaired) electrons. The molecule has 2 saturated heterocycles. The van der Waals surface area contributed by atoms with Crippen LogP contribution in [0.5, 0.6) is 0 Å². The lowest BCUT2D eigenvalue weighted by Gasteiger charge is -2.34. The van der Waals surface area contributed by atoms with E-state index in [9.17, 15) is 4.79 Å². The number of morpholine rings is 1. The summed E-state index contributed by atoms with van der Waals surface area (Å²) in [5.41, 5.74) is 1.54. The molecule has 0 aromatic carbocycles. The molecule has 0 bridgehead atoms. The molecule has 2 aliphatic rings. The van der Waals surface area contributed by atoms with Crippen molar-refractivity contribution in [3.05, 3.63) is 17.3 Å². The zero-order valence-corrected chi connectivity index (χ0v) is 13.2. The van der Waals surface area contributed by atoms with Crippen LogP contribution in [0.15, 0.2) is 6.07 Å². The van der Waals surface area contributed by atoms with Crippen LogP contribution >= 0.6 is 0 Å². The number of ether oxygens (including phenoxy) is 2. The third kappa shape index (κ3) is 3.13. The standard InChI is InChI=1S/C16H23N3O3/c1-11-10-22-8-5-19(11)15-9-14(13-3-6-21-7-4-13)16(12(2)20)18-17-15/h9,11,13H,3-8,10H2,1-2H3. The van der Waals surface area contributed by atoms with Gasteiger partial charge in [0, 0.05) is 26.7 Å². The Hall–Kier alpha value is -1.53. The van der Waals surface area contributed by atoms with Gasteiger partial charge in [-0.3, -0.25) is 4.79 Å². The molecule has 0 amide bonds. The molecule has 1 unspecified atom stereocenters. The number of nitrogens with zero attached hydrogens (tertiary/aromatic N) is 3. The van der Waals surface area contributed by atoms with E-state index in [0.29, 0.717) is 24.8 Å². The smallest absolute Gasteiger partial charge is 0.180 e. The van der Waals surface area contributed by atoms with Gasteiger partial charge in [-0.15, -0.1) is 10.2 Å². The van der Waals surface area contributed by atoms with Crippen LogP contribution in [-0.4, -0.2) is 55.0 Å². The van der Waals surface area contributed by atoms with Crippen LogP contribution in [0.2, 0.25) is 0 Å². The topological polar surface area (TPSA) is 64.6 Å². The Kier molecular flexibility index (Phi) is 4.69. The minimum Gasteiger partial charge on any atom is -0.381 e. The lowest BCUT2D eigenvalue weighted by molar-refractivity contribution is 0.0842. The predicted octanol–water partition coefficient (Wildman–Crippen LogP) is 1.80. The van der Waals surface area contributed by atoms with Crippen LogP contribution in [0.4, 0.5) is 5.82 Å². The summed E-state index contributed by atoms with van der Waals surface area (Å²) in [5.74, 6) is 1.16. The molecule has 0 N–H and O–H groups in total. The Morgan fingerprint density at radius 3 is 2.68 bits per heavy atom. The third-order valence-corrected chi connectivity index (χ3v) is 4.47. The van der Waals surface area contributed by atoms with Gasteiger partial charge in [-0.1, -0.05) is 0 Å². The van der Waals surface area contributed by atoms with Gasteiger partial charge >= 0.3 is 0 Å². The van der Waals surface area contributed by atoms with Crippen LogP contribution in [0.1, 0.15) is 48.7 Å². The van der Waals surface area contributed by atoms with Crippen molar-refractivity contribution in [2.75, 3.05) is 37.9 Å². The lowest BCUT2D eigenvalue weighted by atomic mass is 9.90. The van der Waals surface area contributed by atoms with Crippen LogP contribution < -0.4 is 4.90 Å². The fourth-order valence-corrected chi connectivity index (χ4v) is 3.20. The van der Waals surface area contributed by atoms with E-state index >= 15 is 0 Å². The van der Waals surface area contributed by atoms with Crippen LogP contribution in [0.25, 0.3) is 0 Å². The van der Waals surface area contributed by atoms with Crippen molar-refractivity contribution in [1.82, 2.24) is 10.2 Å². The van der Waals surface area contributed by atoms with Gasteiger partial charge in [-0.05, 0) is 37.3 Å². The number of Topliss-reactive ketones (excluding diaryl/α,β-unsaturated/α-hetero) is 1. The summed E-state index contributed by atoms with van der Waals surface area (Å²) in [5, 5.41) is 8.54. The van der Waals surface area contributed by atoms with Crippen molar-refractivity contribution < 1.29 is 14.3 Å². The minimum absolute atomic E-state index is 0.0180. The van der Waals surface area contributed by atoms with E-state index < -0.39 is 0 Å². The van der Waals surface area contributed by atoms with Gasteiger partial charge in [-0.25, -0.2) is 0 Å². The lowest BCUT2D eigenvalue weighted by Crippen LogP contribution is -2.44. The quantitative estimate of drug-likeness (QED) is 0.793. The van der Waals surface area contributed by atoms with E-state index in [0.717, 1.165) is 44.0 Å². The molecule has 1 aromatic heterocycles. The number of ketones is 1. The maximum atomic E-state index is 11.9. The molecule has 1 aromatic rings. The summed E-state index contributed by atoms with van der Waals surface area (Å²) in [6.07, 6.45) is 1.87. The van der Waals surface area contributed by atoms with Crippen molar-refractivity contribution in [2.24, 2.45) is 0 Å². The fraction of sp³-hybridized carbons (Fsp3) is 0.688. The maximum absolute atomic E-state index is 11.9. The van der Waals surface area contributed by atoms with E-state index in [1.54, 1.807) is 6.92 Å². The normalized spacial score (nSPS) is 23.5. The summed E-state index contributed by atoms with van der Waals surface area (Å²) in [6.45, 7) is 7.37. The molecule has 6 nitrogen and oxygen atoms in total. The van der Waals surface area contributed by atoms with Gasteiger partial charge in [-0.2, -0.15) is 0 Å². The average Bonchev–Trinajstić information content (AvgIpc) is 2.55. The van der Waals surface area contributed by atoms with E-state index in [4.69, 9.17) is 9.47 Å². The first-order valence-corrected chi connectivity index (χ1v) is 7.97. The Morgan fingerprint density at radius 2 is 2.00 bits per heavy atom. The second kappa shape index (κ2) is 6.71. The predicted molar refractivity (Wildman–Crippen MR) is 82.5 cm³/mol. The number of carbonyl (C=O) groups excluding carboxylic acids is 1. The minimum atomic E-state index is -0.0180. The van der Waals surface area contributed by atoms with Gasteiger partial charge in [0.25, 0.3) is 0 Å². The first-order valence-electron chi connectivity index (χ1n) is 7.97. The van der Waals surface area contributed by atoms with Gasteiger partial charge in [0.15, 0.2) is 11.6 Å². The first kappa shape index (κ1) is 15.4. The van der Waals surface area contributed by atoms with Crippen LogP contribution in [0.3, 0.4) is 0 Å². The van der Waals surface area contributed by atoms with E-state index in [-0.39, 0.29) is 11.8 Å². The highest BCUT2D eigenvalue weighted by Gasteiger charge is 2.26. The largest absolute Gasteiger partial charge is 0.381 e. The Bertz CT molecular complexity index is 543. The number of hydrogen-bond acceptors (Lipinski definition) is 6. The second-order valence-electron chi connectivity index (χ2n) is 6.07. The van der Waals surface area contributed by atoms with Crippen LogP contribution in [-0.2, 0) is 9.47 Å². The molecular weight excluding hydrogens is 282 g/mol. The van der Waals surface area contributed by atoms with Crippen molar-refractivity contribution in [2.45, 2.75) is 38.6 Å². The summed E-state index contributed by atoms with van der Waals surface area (Å²) < 4.78 is 10.9. The molecular formula is C16H23N3O3. The SMILES string of the molecule is CC(=O)c1nnc(N2CCOCC2C)cc1C1CCOCC1. The molecule has 2 aliphatic heterocycles. The zero-order valence-electron chi connectivity index (χ0n) is 13.2. The van der Waals surface area contributed by atoms with Gasteiger partial charge in [0.2, 0.25) is 0 Å². The molecule has 22 heavy (non-hydrogen) atoms. The highest BCUT2D eigenvalue weighted by Crippen LogP contribution is 2.31. The number of aromatic nitrogens is 2.